The third-order valence-electron chi connectivity index (χ3n) is 4.03. The number of imide groups is 1. The van der Waals surface area contributed by atoms with Gasteiger partial charge in [0.15, 0.2) is 0 Å². The van der Waals surface area contributed by atoms with E-state index >= 15 is 0 Å². The lowest BCUT2D eigenvalue weighted by molar-refractivity contribution is -0.131. The predicted molar refractivity (Wildman–Crippen MR) is 82.7 cm³/mol. The number of amides is 3. The van der Waals surface area contributed by atoms with Crippen LogP contribution in [0.3, 0.4) is 0 Å². The minimum absolute atomic E-state index is 0.131. The number of hydrogen-bond acceptors (Lipinski definition) is 3. The molecule has 0 bridgehead atoms. The molecule has 0 aliphatic carbocycles. The van der Waals surface area contributed by atoms with Crippen LogP contribution in [0.15, 0.2) is 24.3 Å². The molecule has 1 fully saturated rings. The molecule has 3 amide bonds. The van der Waals surface area contributed by atoms with Gasteiger partial charge in [0.25, 0.3) is 5.91 Å². The van der Waals surface area contributed by atoms with Gasteiger partial charge in [0, 0.05) is 0 Å². The largest absolute Gasteiger partial charge is 0.325 e. The fourth-order valence-electron chi connectivity index (χ4n) is 2.58. The van der Waals surface area contributed by atoms with E-state index in [1.807, 2.05) is 0 Å². The number of nitrogens with zero attached hydrogens (tertiary/aromatic N) is 2. The smallest absolute Gasteiger partial charge is 0.323 e. The Kier molecular flexibility index (Phi) is 4.51. The summed E-state index contributed by atoms with van der Waals surface area (Å²) in [6, 6.07) is 8.72. The first kappa shape index (κ1) is 16.0. The van der Waals surface area contributed by atoms with E-state index in [2.05, 4.69) is 25.2 Å². The molecule has 0 radical (unpaired) electrons. The van der Waals surface area contributed by atoms with E-state index in [1.54, 1.807) is 31.2 Å². The summed E-state index contributed by atoms with van der Waals surface area (Å²) < 4.78 is 0. The second-order valence-electron chi connectivity index (χ2n) is 6.36. The average Bonchev–Trinajstić information content (AvgIpc) is 2.70. The third kappa shape index (κ3) is 3.11. The van der Waals surface area contributed by atoms with Crippen molar-refractivity contribution in [2.75, 3.05) is 0 Å². The molecule has 116 valence electrons. The standard InChI is InChI=1S/C17H21N3O2/c1-12(2)8-9-17(3)15(21)20(16(22)19-17)11-14-7-5-4-6-13(14)10-18/h4-7,12H,8-9,11H2,1-3H3,(H,19,22)/t17-/m0/s1. The van der Waals surface area contributed by atoms with Crippen molar-refractivity contribution in [3.63, 3.8) is 0 Å². The van der Waals surface area contributed by atoms with Gasteiger partial charge in [-0.05, 0) is 37.3 Å². The van der Waals surface area contributed by atoms with E-state index in [1.165, 1.54) is 4.90 Å². The number of carbonyl (C=O) groups excluding carboxylic acids is 2. The summed E-state index contributed by atoms with van der Waals surface area (Å²) in [5.74, 6) is 0.251. The molecule has 1 aliphatic heterocycles. The molecule has 0 saturated carbocycles. The molecule has 0 spiro atoms. The third-order valence-corrected chi connectivity index (χ3v) is 4.03. The quantitative estimate of drug-likeness (QED) is 0.850. The van der Waals surface area contributed by atoms with Gasteiger partial charge in [0.1, 0.15) is 5.54 Å². The fraction of sp³-hybridized carbons (Fsp3) is 0.471. The van der Waals surface area contributed by atoms with Gasteiger partial charge in [-0.3, -0.25) is 9.69 Å². The lowest BCUT2D eigenvalue weighted by Gasteiger charge is -2.22. The van der Waals surface area contributed by atoms with E-state index in [9.17, 15) is 9.59 Å². The van der Waals surface area contributed by atoms with Gasteiger partial charge in [-0.15, -0.1) is 0 Å². The van der Waals surface area contributed by atoms with Crippen molar-refractivity contribution in [1.29, 1.82) is 5.26 Å². The second-order valence-corrected chi connectivity index (χ2v) is 6.36. The molecular formula is C17H21N3O2. The van der Waals surface area contributed by atoms with Gasteiger partial charge in [0.05, 0.1) is 18.2 Å². The summed E-state index contributed by atoms with van der Waals surface area (Å²) in [5.41, 5.74) is 0.323. The summed E-state index contributed by atoms with van der Waals surface area (Å²) >= 11 is 0. The number of rotatable bonds is 5. The number of carbonyl (C=O) groups is 2. The first-order valence-electron chi connectivity index (χ1n) is 7.49. The van der Waals surface area contributed by atoms with Gasteiger partial charge in [-0.1, -0.05) is 32.0 Å². The van der Waals surface area contributed by atoms with Gasteiger partial charge in [-0.2, -0.15) is 5.26 Å². The average molecular weight is 299 g/mol. The number of hydrogen-bond donors (Lipinski definition) is 1. The molecule has 1 aliphatic rings. The van der Waals surface area contributed by atoms with Crippen molar-refractivity contribution in [3.8, 4) is 6.07 Å². The maximum absolute atomic E-state index is 12.6. The monoisotopic (exact) mass is 299 g/mol. The highest BCUT2D eigenvalue weighted by Crippen LogP contribution is 2.26. The van der Waals surface area contributed by atoms with Crippen LogP contribution < -0.4 is 5.32 Å². The van der Waals surface area contributed by atoms with Crippen LogP contribution in [0.1, 0.15) is 44.7 Å². The molecule has 5 nitrogen and oxygen atoms in total. The molecule has 0 unspecified atom stereocenters. The fourth-order valence-corrected chi connectivity index (χ4v) is 2.58. The molecule has 1 aromatic carbocycles. The topological polar surface area (TPSA) is 73.2 Å². The van der Waals surface area contributed by atoms with Crippen molar-refractivity contribution in [3.05, 3.63) is 35.4 Å². The van der Waals surface area contributed by atoms with Crippen molar-refractivity contribution in [2.24, 2.45) is 5.92 Å². The zero-order valence-corrected chi connectivity index (χ0v) is 13.2. The van der Waals surface area contributed by atoms with Crippen LogP contribution in [0.2, 0.25) is 0 Å². The number of urea groups is 1. The first-order chi connectivity index (χ1) is 10.4. The molecule has 1 saturated heterocycles. The Bertz CT molecular complexity index is 633. The molecule has 1 heterocycles. The van der Waals surface area contributed by atoms with Gasteiger partial charge in [0.2, 0.25) is 0 Å². The number of benzene rings is 1. The van der Waals surface area contributed by atoms with Crippen LogP contribution in [0.5, 0.6) is 0 Å². The maximum atomic E-state index is 12.6. The Morgan fingerprint density at radius 3 is 2.64 bits per heavy atom. The molecule has 1 aromatic rings. The minimum Gasteiger partial charge on any atom is -0.323 e. The summed E-state index contributed by atoms with van der Waals surface area (Å²) in [6.45, 7) is 6.08. The van der Waals surface area contributed by atoms with Crippen molar-refractivity contribution >= 4 is 11.9 Å². The van der Waals surface area contributed by atoms with Crippen LogP contribution in [0.4, 0.5) is 4.79 Å². The van der Waals surface area contributed by atoms with E-state index in [-0.39, 0.29) is 18.5 Å². The zero-order chi connectivity index (χ0) is 16.3. The lowest BCUT2D eigenvalue weighted by atomic mass is 9.92. The number of nitrogens with one attached hydrogen (secondary N) is 1. The molecule has 1 N–H and O–H groups in total. The van der Waals surface area contributed by atoms with Crippen molar-refractivity contribution in [2.45, 2.75) is 45.7 Å². The van der Waals surface area contributed by atoms with Gasteiger partial charge in [-0.25, -0.2) is 4.79 Å². The minimum atomic E-state index is -0.844. The highest BCUT2D eigenvalue weighted by atomic mass is 16.2. The highest BCUT2D eigenvalue weighted by Gasteiger charge is 2.47. The summed E-state index contributed by atoms with van der Waals surface area (Å²) in [4.78, 5) is 26.0. The van der Waals surface area contributed by atoms with Crippen molar-refractivity contribution in [1.82, 2.24) is 10.2 Å². The highest BCUT2D eigenvalue weighted by molar-refractivity contribution is 6.06. The van der Waals surface area contributed by atoms with E-state index < -0.39 is 5.54 Å². The van der Waals surface area contributed by atoms with E-state index in [4.69, 9.17) is 5.26 Å². The summed E-state index contributed by atoms with van der Waals surface area (Å²) in [5, 5.41) is 11.9. The molecule has 1 atom stereocenters. The summed E-state index contributed by atoms with van der Waals surface area (Å²) in [6.07, 6.45) is 1.48. The Morgan fingerprint density at radius 2 is 2.00 bits per heavy atom. The first-order valence-corrected chi connectivity index (χ1v) is 7.49. The van der Waals surface area contributed by atoms with E-state index in [0.717, 1.165) is 6.42 Å². The van der Waals surface area contributed by atoms with Crippen LogP contribution >= 0.6 is 0 Å². The normalized spacial score (nSPS) is 21.1. The van der Waals surface area contributed by atoms with E-state index in [0.29, 0.717) is 23.5 Å². The Morgan fingerprint density at radius 1 is 1.32 bits per heavy atom. The Hall–Kier alpha value is -2.35. The maximum Gasteiger partial charge on any atom is 0.325 e. The summed E-state index contributed by atoms with van der Waals surface area (Å²) in [7, 11) is 0. The van der Waals surface area contributed by atoms with Crippen LogP contribution in [-0.2, 0) is 11.3 Å². The second kappa shape index (κ2) is 6.18. The molecule has 0 aromatic heterocycles. The SMILES string of the molecule is CC(C)CC[C@]1(C)NC(=O)N(Cc2ccccc2C#N)C1=O. The molecule has 5 heteroatoms. The van der Waals surface area contributed by atoms with Crippen LogP contribution in [0, 0.1) is 17.2 Å². The van der Waals surface area contributed by atoms with Crippen LogP contribution in [-0.4, -0.2) is 22.4 Å². The Labute approximate surface area is 130 Å². The lowest BCUT2D eigenvalue weighted by Crippen LogP contribution is -2.44. The molecule has 22 heavy (non-hydrogen) atoms. The predicted octanol–water partition coefficient (Wildman–Crippen LogP) is 2.80. The van der Waals surface area contributed by atoms with Gasteiger partial charge < -0.3 is 5.32 Å². The number of nitriles is 1. The molecular weight excluding hydrogens is 278 g/mol. The molecule has 2 rings (SSSR count). The van der Waals surface area contributed by atoms with Crippen molar-refractivity contribution < 1.29 is 9.59 Å². The van der Waals surface area contributed by atoms with Crippen LogP contribution in [0.25, 0.3) is 0 Å². The van der Waals surface area contributed by atoms with Gasteiger partial charge >= 0.3 is 6.03 Å². The Balaban J connectivity index is 2.17. The zero-order valence-electron chi connectivity index (χ0n) is 13.2.